The van der Waals surface area contributed by atoms with E-state index in [4.69, 9.17) is 10.1 Å². The molecule has 0 unspecified atom stereocenters. The molecule has 2 saturated carbocycles. The van der Waals surface area contributed by atoms with Gasteiger partial charge in [0.2, 0.25) is 10.0 Å². The molecule has 0 atom stereocenters. The van der Waals surface area contributed by atoms with Crippen molar-refractivity contribution >= 4 is 21.5 Å². The van der Waals surface area contributed by atoms with Crippen molar-refractivity contribution < 1.29 is 8.42 Å². The second-order valence-corrected chi connectivity index (χ2v) is 9.72. The maximum atomic E-state index is 11.6. The number of rotatable bonds is 3. The first kappa shape index (κ1) is 15.6. The Morgan fingerprint density at radius 1 is 1.20 bits per heavy atom. The fraction of sp³-hybridized carbons (Fsp3) is 0.647. The number of sulfonamides is 1. The fourth-order valence-corrected chi connectivity index (χ4v) is 5.58. The summed E-state index contributed by atoms with van der Waals surface area (Å²) in [5, 5.41) is 13.0. The van der Waals surface area contributed by atoms with E-state index in [9.17, 15) is 8.42 Å². The van der Waals surface area contributed by atoms with Gasteiger partial charge in [-0.2, -0.15) is 9.61 Å². The monoisotopic (exact) mass is 361 g/mol. The summed E-state index contributed by atoms with van der Waals surface area (Å²) in [6.45, 7) is 0. The number of hydrogen-bond acceptors (Lipinski definition) is 5. The van der Waals surface area contributed by atoms with Gasteiger partial charge in [0.05, 0.1) is 17.1 Å². The summed E-state index contributed by atoms with van der Waals surface area (Å²) >= 11 is 0. The highest BCUT2D eigenvalue weighted by atomic mass is 32.2. The molecular weight excluding hydrogens is 338 g/mol. The lowest BCUT2D eigenvalue weighted by molar-refractivity contribution is 0.450. The molecule has 2 fully saturated rings. The van der Waals surface area contributed by atoms with Crippen LogP contribution in [0, 0.1) is 0 Å². The number of hydrogen-bond donors (Lipinski definition) is 2. The van der Waals surface area contributed by atoms with Crippen molar-refractivity contribution in [2.24, 2.45) is 5.14 Å². The number of nitrogens with one attached hydrogen (secondary N) is 1. The Morgan fingerprint density at radius 2 is 1.96 bits per heavy atom. The highest BCUT2D eigenvalue weighted by Crippen LogP contribution is 2.57. The Kier molecular flexibility index (Phi) is 3.22. The topological polar surface area (TPSA) is 102 Å². The first-order valence-corrected chi connectivity index (χ1v) is 10.7. The van der Waals surface area contributed by atoms with Crippen molar-refractivity contribution in [3.05, 3.63) is 23.5 Å². The molecule has 8 heteroatoms. The predicted molar refractivity (Wildman–Crippen MR) is 95.0 cm³/mol. The SMILES string of the molecule is NS(=O)(=O)[C@H]1CC[C@@H](Nc2c3c(nc4ccnn24)C2(CC3)CC2)CC1. The smallest absolute Gasteiger partial charge is 0.211 e. The molecule has 3 aliphatic rings. The Hall–Kier alpha value is -1.67. The lowest BCUT2D eigenvalue weighted by Gasteiger charge is -2.29. The van der Waals surface area contributed by atoms with Crippen molar-refractivity contribution in [1.82, 2.24) is 14.6 Å². The van der Waals surface area contributed by atoms with E-state index in [1.165, 1.54) is 30.5 Å². The Labute approximate surface area is 147 Å². The van der Waals surface area contributed by atoms with Crippen LogP contribution in [0.4, 0.5) is 5.82 Å². The molecule has 0 radical (unpaired) electrons. The second kappa shape index (κ2) is 5.17. The zero-order valence-electron chi connectivity index (χ0n) is 14.1. The van der Waals surface area contributed by atoms with Crippen LogP contribution in [0.2, 0.25) is 0 Å². The number of nitrogens with two attached hydrogens (primary N) is 1. The number of fused-ring (bicyclic) bond motifs is 3. The van der Waals surface area contributed by atoms with Gasteiger partial charge in [0.1, 0.15) is 5.82 Å². The molecule has 0 aromatic carbocycles. The van der Waals surface area contributed by atoms with Gasteiger partial charge < -0.3 is 5.32 Å². The van der Waals surface area contributed by atoms with E-state index in [-0.39, 0.29) is 6.04 Å². The van der Waals surface area contributed by atoms with Crippen molar-refractivity contribution in [3.63, 3.8) is 0 Å². The van der Waals surface area contributed by atoms with E-state index < -0.39 is 15.3 Å². The van der Waals surface area contributed by atoms with Gasteiger partial charge in [-0.15, -0.1) is 0 Å². The average molecular weight is 361 g/mol. The third kappa shape index (κ3) is 2.45. The third-order valence-corrected chi connectivity index (χ3v) is 7.72. The molecule has 2 aromatic rings. The number of anilines is 1. The van der Waals surface area contributed by atoms with Gasteiger partial charge in [-0.25, -0.2) is 18.5 Å². The minimum absolute atomic E-state index is 0.257. The van der Waals surface area contributed by atoms with Crippen LogP contribution in [-0.4, -0.2) is 34.3 Å². The summed E-state index contributed by atoms with van der Waals surface area (Å²) < 4.78 is 25.0. The summed E-state index contributed by atoms with van der Waals surface area (Å²) in [7, 11) is -3.42. The first-order chi connectivity index (χ1) is 12.0. The molecule has 3 N–H and O–H groups in total. The van der Waals surface area contributed by atoms with E-state index in [0.717, 1.165) is 30.7 Å². The zero-order valence-corrected chi connectivity index (χ0v) is 14.9. The van der Waals surface area contributed by atoms with E-state index >= 15 is 0 Å². The average Bonchev–Trinajstić information content (AvgIpc) is 3.05. The second-order valence-electron chi connectivity index (χ2n) is 7.88. The highest BCUT2D eigenvalue weighted by Gasteiger charge is 2.51. The van der Waals surface area contributed by atoms with Crippen molar-refractivity contribution in [2.45, 2.75) is 68.1 Å². The summed E-state index contributed by atoms with van der Waals surface area (Å²) in [6, 6.07) is 2.21. The van der Waals surface area contributed by atoms with E-state index in [2.05, 4.69) is 10.4 Å². The molecule has 134 valence electrons. The van der Waals surface area contributed by atoms with Crippen molar-refractivity contribution in [3.8, 4) is 0 Å². The molecule has 2 aromatic heterocycles. The van der Waals surface area contributed by atoms with Crippen LogP contribution < -0.4 is 10.5 Å². The first-order valence-electron chi connectivity index (χ1n) is 9.12. The maximum absolute atomic E-state index is 11.6. The van der Waals surface area contributed by atoms with Crippen molar-refractivity contribution in [1.29, 1.82) is 0 Å². The van der Waals surface area contributed by atoms with Crippen molar-refractivity contribution in [2.75, 3.05) is 5.32 Å². The molecular formula is C17H23N5O2S. The molecule has 0 amide bonds. The number of primary sulfonamides is 1. The summed E-state index contributed by atoms with van der Waals surface area (Å²) in [5.41, 5.74) is 3.79. The lowest BCUT2D eigenvalue weighted by atomic mass is 9.95. The molecule has 0 aliphatic heterocycles. The Bertz CT molecular complexity index is 939. The Balaban J connectivity index is 1.45. The maximum Gasteiger partial charge on any atom is 0.211 e. The van der Waals surface area contributed by atoms with Gasteiger partial charge in [0.15, 0.2) is 5.65 Å². The fourth-order valence-electron chi connectivity index (χ4n) is 4.65. The van der Waals surface area contributed by atoms with Gasteiger partial charge in [-0.05, 0) is 51.4 Å². The normalized spacial score (nSPS) is 27.6. The molecule has 5 rings (SSSR count). The minimum Gasteiger partial charge on any atom is -0.367 e. The summed E-state index contributed by atoms with van der Waals surface area (Å²) in [6.07, 6.45) is 9.39. The van der Waals surface area contributed by atoms with Gasteiger partial charge in [0.25, 0.3) is 0 Å². The van der Waals surface area contributed by atoms with Crippen LogP contribution in [0.15, 0.2) is 12.3 Å². The summed E-state index contributed by atoms with van der Waals surface area (Å²) in [5.74, 6) is 1.06. The minimum atomic E-state index is -3.42. The predicted octanol–water partition coefficient (Wildman–Crippen LogP) is 1.72. The Morgan fingerprint density at radius 3 is 2.64 bits per heavy atom. The lowest BCUT2D eigenvalue weighted by Crippen LogP contribution is -2.36. The number of aromatic nitrogens is 3. The van der Waals surface area contributed by atoms with E-state index in [0.29, 0.717) is 18.3 Å². The van der Waals surface area contributed by atoms with Crippen LogP contribution in [0.5, 0.6) is 0 Å². The highest BCUT2D eigenvalue weighted by molar-refractivity contribution is 7.89. The molecule has 0 bridgehead atoms. The molecule has 1 spiro atoms. The molecule has 7 nitrogen and oxygen atoms in total. The van der Waals surface area contributed by atoms with Gasteiger partial charge in [-0.3, -0.25) is 0 Å². The van der Waals surface area contributed by atoms with Crippen LogP contribution in [0.25, 0.3) is 5.65 Å². The van der Waals surface area contributed by atoms with Crippen LogP contribution in [0.1, 0.15) is 56.2 Å². The molecule has 0 saturated heterocycles. The largest absolute Gasteiger partial charge is 0.367 e. The number of nitrogens with zero attached hydrogens (tertiary/aromatic N) is 3. The zero-order chi connectivity index (χ0) is 17.2. The molecule has 3 aliphatic carbocycles. The van der Waals surface area contributed by atoms with Crippen LogP contribution in [-0.2, 0) is 21.9 Å². The van der Waals surface area contributed by atoms with Crippen LogP contribution in [0.3, 0.4) is 0 Å². The van der Waals surface area contributed by atoms with Gasteiger partial charge in [0, 0.05) is 23.1 Å². The standard InChI is InChI=1S/C17H23N5O2S/c18-25(23,24)12-3-1-11(2-4-12)20-16-13-5-7-17(8-9-17)15(13)21-14-6-10-19-22(14)16/h6,10-12,20H,1-5,7-9H2,(H2,18,23,24)/t11-,12+. The van der Waals surface area contributed by atoms with Gasteiger partial charge >= 0.3 is 0 Å². The summed E-state index contributed by atoms with van der Waals surface area (Å²) in [4.78, 5) is 4.89. The van der Waals surface area contributed by atoms with Gasteiger partial charge in [-0.1, -0.05) is 0 Å². The molecule has 25 heavy (non-hydrogen) atoms. The van der Waals surface area contributed by atoms with E-state index in [1.54, 1.807) is 6.20 Å². The molecule has 2 heterocycles. The quantitative estimate of drug-likeness (QED) is 0.866. The van der Waals surface area contributed by atoms with Crippen LogP contribution >= 0.6 is 0 Å². The third-order valence-electron chi connectivity index (χ3n) is 6.32. The van der Waals surface area contributed by atoms with E-state index in [1.807, 2.05) is 10.6 Å².